The Morgan fingerprint density at radius 1 is 1.15 bits per heavy atom. The number of rotatable bonds is 3. The zero-order chi connectivity index (χ0) is 9.84. The number of halogens is 1. The first kappa shape index (κ1) is 10.4. The fourth-order valence-electron chi connectivity index (χ4n) is 1.08. The van der Waals surface area contributed by atoms with Crippen molar-refractivity contribution < 1.29 is 0 Å². The molecule has 4 nitrogen and oxygen atoms in total. The van der Waals surface area contributed by atoms with Gasteiger partial charge in [-0.05, 0) is 22.6 Å². The third kappa shape index (κ3) is 2.15. The molecule has 0 saturated heterocycles. The largest absolute Gasteiger partial charge is 0.386 e. The molecule has 0 aliphatic heterocycles. The van der Waals surface area contributed by atoms with Crippen molar-refractivity contribution in [2.24, 2.45) is 0 Å². The second-order valence-corrected chi connectivity index (χ2v) is 3.40. The average molecular weight is 291 g/mol. The lowest BCUT2D eigenvalue weighted by molar-refractivity contribution is 1.22. The molecule has 0 unspecified atom stereocenters. The van der Waals surface area contributed by atoms with Gasteiger partial charge in [0.15, 0.2) is 5.82 Å². The van der Waals surface area contributed by atoms with Crippen LogP contribution >= 0.6 is 22.6 Å². The van der Waals surface area contributed by atoms with Crippen LogP contribution in [0.2, 0.25) is 0 Å². The molecule has 3 N–H and O–H groups in total. The van der Waals surface area contributed by atoms with E-state index in [1.165, 1.54) is 0 Å². The van der Waals surface area contributed by atoms with Crippen LogP contribution in [0, 0.1) is 9.77 Å². The van der Waals surface area contributed by atoms with Crippen molar-refractivity contribution in [2.45, 2.75) is 0 Å². The summed E-state index contributed by atoms with van der Waals surface area (Å²) in [4.78, 5) is 4.29. The van der Waals surface area contributed by atoms with E-state index < -0.39 is 0 Å². The molecule has 0 bridgehead atoms. The molecule has 0 fully saturated rings. The highest BCUT2D eigenvalue weighted by molar-refractivity contribution is 14.1. The summed E-state index contributed by atoms with van der Waals surface area (Å²) in [6.07, 6.45) is 0. The van der Waals surface area contributed by atoms with Crippen LogP contribution in [-0.2, 0) is 0 Å². The maximum Gasteiger partial charge on any atom is 0.152 e. The van der Waals surface area contributed by atoms with Crippen LogP contribution in [0.25, 0.3) is 0 Å². The first-order valence-corrected chi connectivity index (χ1v) is 4.96. The Balaban J connectivity index is 3.25. The fraction of sp³-hybridized carbons (Fsp3) is 0.375. The van der Waals surface area contributed by atoms with E-state index in [4.69, 9.17) is 0 Å². The van der Waals surface area contributed by atoms with Crippen molar-refractivity contribution in [3.63, 3.8) is 0 Å². The maximum atomic E-state index is 4.29. The number of nitrogens with zero attached hydrogens (tertiary/aromatic N) is 1. The molecule has 1 aromatic heterocycles. The topological polar surface area (TPSA) is 49.0 Å². The van der Waals surface area contributed by atoms with Crippen LogP contribution in [0.5, 0.6) is 0 Å². The molecule has 0 saturated carbocycles. The number of nitrogens with one attached hydrogen (secondary N) is 3. The molecule has 5 heteroatoms. The molecule has 0 aromatic carbocycles. The molecule has 1 aromatic rings. The van der Waals surface area contributed by atoms with Crippen molar-refractivity contribution in [3.05, 3.63) is 9.77 Å². The molecule has 0 amide bonds. The lowest BCUT2D eigenvalue weighted by Crippen LogP contribution is -2.04. The second kappa shape index (κ2) is 4.50. The Morgan fingerprint density at radius 3 is 2.31 bits per heavy atom. The fourth-order valence-corrected chi connectivity index (χ4v) is 1.59. The first-order chi connectivity index (χ1) is 6.22. The molecule has 0 aliphatic carbocycles. The van der Waals surface area contributed by atoms with E-state index in [2.05, 4.69) is 49.6 Å². The highest BCUT2D eigenvalue weighted by Gasteiger charge is 2.08. The highest BCUT2D eigenvalue weighted by Crippen LogP contribution is 2.28. The number of hydrogen-bond donors (Lipinski definition) is 3. The van der Waals surface area contributed by atoms with E-state index in [0.717, 1.165) is 20.9 Å². The molecule has 0 atom stereocenters. The SMILES string of the molecule is CNc1[c]c(I)nc(NC)c1NC. The predicted octanol–water partition coefficient (Wildman–Crippen LogP) is 1.61. The van der Waals surface area contributed by atoms with Crippen molar-refractivity contribution in [1.29, 1.82) is 0 Å². The molecule has 0 spiro atoms. The lowest BCUT2D eigenvalue weighted by atomic mass is 10.3. The van der Waals surface area contributed by atoms with Crippen molar-refractivity contribution >= 4 is 39.8 Å². The zero-order valence-electron chi connectivity index (χ0n) is 7.83. The van der Waals surface area contributed by atoms with Crippen LogP contribution in [0.3, 0.4) is 0 Å². The van der Waals surface area contributed by atoms with E-state index in [-0.39, 0.29) is 0 Å². The molecular formula is C8H12IN4. The van der Waals surface area contributed by atoms with Crippen LogP contribution in [0.1, 0.15) is 0 Å². The minimum Gasteiger partial charge on any atom is -0.386 e. The Bertz CT molecular complexity index is 275. The van der Waals surface area contributed by atoms with Crippen molar-refractivity contribution in [2.75, 3.05) is 37.1 Å². The molecule has 13 heavy (non-hydrogen) atoms. The molecule has 1 heterocycles. The number of anilines is 3. The van der Waals surface area contributed by atoms with Gasteiger partial charge in [0.05, 0.1) is 5.69 Å². The number of pyridine rings is 1. The highest BCUT2D eigenvalue weighted by atomic mass is 127. The summed E-state index contributed by atoms with van der Waals surface area (Å²) in [5, 5.41) is 9.15. The van der Waals surface area contributed by atoms with Gasteiger partial charge in [0.25, 0.3) is 0 Å². The predicted molar refractivity (Wildman–Crippen MR) is 64.4 cm³/mol. The third-order valence-corrected chi connectivity index (χ3v) is 2.17. The normalized spacial score (nSPS) is 9.54. The second-order valence-electron chi connectivity index (χ2n) is 2.38. The van der Waals surface area contributed by atoms with Gasteiger partial charge in [0.2, 0.25) is 0 Å². The van der Waals surface area contributed by atoms with E-state index in [0.29, 0.717) is 0 Å². The Hall–Kier alpha value is -0.720. The minimum absolute atomic E-state index is 0.829. The number of hydrogen-bond acceptors (Lipinski definition) is 4. The Kier molecular flexibility index (Phi) is 3.58. The Morgan fingerprint density at radius 2 is 1.85 bits per heavy atom. The van der Waals surface area contributed by atoms with E-state index in [9.17, 15) is 0 Å². The lowest BCUT2D eigenvalue weighted by Gasteiger charge is -2.12. The molecule has 0 aliphatic rings. The van der Waals surface area contributed by atoms with Gasteiger partial charge in [-0.2, -0.15) is 0 Å². The van der Waals surface area contributed by atoms with Gasteiger partial charge in [-0.25, -0.2) is 4.98 Å². The van der Waals surface area contributed by atoms with E-state index in [1.807, 2.05) is 21.1 Å². The van der Waals surface area contributed by atoms with E-state index in [1.54, 1.807) is 0 Å². The zero-order valence-corrected chi connectivity index (χ0v) is 9.98. The summed E-state index contributed by atoms with van der Waals surface area (Å²) < 4.78 is 0.838. The summed E-state index contributed by atoms with van der Waals surface area (Å²) in [5.74, 6) is 0.829. The summed E-state index contributed by atoms with van der Waals surface area (Å²) in [7, 11) is 5.57. The quantitative estimate of drug-likeness (QED) is 0.585. The number of aromatic nitrogens is 1. The van der Waals surface area contributed by atoms with Gasteiger partial charge < -0.3 is 16.0 Å². The van der Waals surface area contributed by atoms with Crippen LogP contribution in [0.4, 0.5) is 17.2 Å². The van der Waals surface area contributed by atoms with E-state index >= 15 is 0 Å². The molecule has 71 valence electrons. The average Bonchev–Trinajstić information content (AvgIpc) is 2.16. The van der Waals surface area contributed by atoms with Gasteiger partial charge in [-0.3, -0.25) is 0 Å². The van der Waals surface area contributed by atoms with Crippen LogP contribution in [-0.4, -0.2) is 26.1 Å². The monoisotopic (exact) mass is 291 g/mol. The van der Waals surface area contributed by atoms with Gasteiger partial charge in [-0.1, -0.05) is 0 Å². The third-order valence-electron chi connectivity index (χ3n) is 1.66. The maximum absolute atomic E-state index is 4.29. The summed E-state index contributed by atoms with van der Waals surface area (Å²) in [6.45, 7) is 0. The summed E-state index contributed by atoms with van der Waals surface area (Å²) in [5.41, 5.74) is 1.86. The van der Waals surface area contributed by atoms with Gasteiger partial charge in [-0.15, -0.1) is 0 Å². The summed E-state index contributed by atoms with van der Waals surface area (Å²) >= 11 is 2.14. The van der Waals surface area contributed by atoms with Gasteiger partial charge in [0, 0.05) is 27.2 Å². The van der Waals surface area contributed by atoms with Crippen molar-refractivity contribution in [3.8, 4) is 0 Å². The first-order valence-electron chi connectivity index (χ1n) is 3.89. The standard InChI is InChI=1S/C8H12IN4/c1-10-5-4-6(9)13-8(12-3)7(5)11-2/h11H,1-3H3,(H2,10,12,13). The molecule has 1 rings (SSSR count). The summed E-state index contributed by atoms with van der Waals surface area (Å²) in [6, 6.07) is 3.11. The molecular weight excluding hydrogens is 279 g/mol. The Labute approximate surface area is 91.7 Å². The van der Waals surface area contributed by atoms with Crippen molar-refractivity contribution in [1.82, 2.24) is 4.98 Å². The van der Waals surface area contributed by atoms with Gasteiger partial charge in [0.1, 0.15) is 9.39 Å². The van der Waals surface area contributed by atoms with Gasteiger partial charge >= 0.3 is 0 Å². The smallest absolute Gasteiger partial charge is 0.152 e. The molecule has 1 radical (unpaired) electrons. The van der Waals surface area contributed by atoms with Crippen LogP contribution in [0.15, 0.2) is 0 Å². The minimum atomic E-state index is 0.829. The van der Waals surface area contributed by atoms with Crippen LogP contribution < -0.4 is 16.0 Å².